The van der Waals surface area contributed by atoms with Crippen LogP contribution in [0.25, 0.3) is 0 Å². The van der Waals surface area contributed by atoms with Gasteiger partial charge in [-0.2, -0.15) is 0 Å². The van der Waals surface area contributed by atoms with Crippen molar-refractivity contribution in [3.05, 3.63) is 28.8 Å². The number of rotatable bonds is 3. The van der Waals surface area contributed by atoms with Crippen LogP contribution in [0, 0.1) is 0 Å². The number of halogens is 2. The predicted octanol–water partition coefficient (Wildman–Crippen LogP) is 2.36. The van der Waals surface area contributed by atoms with Crippen LogP contribution in [0.15, 0.2) is 23.1 Å². The lowest BCUT2D eigenvalue weighted by molar-refractivity contribution is 0.0802. The molecule has 0 bridgehead atoms. The van der Waals surface area contributed by atoms with Gasteiger partial charge in [0, 0.05) is 24.3 Å². The number of carbonyl (C=O) groups is 1. The molecule has 0 unspecified atom stereocenters. The zero-order valence-corrected chi connectivity index (χ0v) is 11.6. The number of hydrogen-bond donors (Lipinski definition) is 0. The second-order valence-corrected chi connectivity index (χ2v) is 6.37. The minimum Gasteiger partial charge on any atom is -0.342 e. The third-order valence-corrected chi connectivity index (χ3v) is 3.95. The van der Waals surface area contributed by atoms with Gasteiger partial charge in [-0.15, -0.1) is 0 Å². The van der Waals surface area contributed by atoms with Crippen LogP contribution in [-0.2, 0) is 9.05 Å². The van der Waals surface area contributed by atoms with E-state index in [9.17, 15) is 13.2 Å². The summed E-state index contributed by atoms with van der Waals surface area (Å²) in [6, 6.07) is 3.78. The molecule has 0 aliphatic heterocycles. The lowest BCUT2D eigenvalue weighted by Crippen LogP contribution is -2.26. The summed E-state index contributed by atoms with van der Waals surface area (Å²) in [5.74, 6) is -0.348. The Morgan fingerprint density at radius 2 is 2.00 bits per heavy atom. The molecule has 1 rings (SSSR count). The maximum Gasteiger partial charge on any atom is 0.261 e. The topological polar surface area (TPSA) is 54.5 Å². The van der Waals surface area contributed by atoms with E-state index in [1.807, 2.05) is 0 Å². The van der Waals surface area contributed by atoms with Crippen molar-refractivity contribution in [3.8, 4) is 0 Å². The largest absolute Gasteiger partial charge is 0.342 e. The average Bonchev–Trinajstić information content (AvgIpc) is 2.26. The highest BCUT2D eigenvalue weighted by molar-refractivity contribution is 8.13. The summed E-state index contributed by atoms with van der Waals surface area (Å²) in [6.07, 6.45) is 0. The molecule has 0 N–H and O–H groups in total. The molecule has 0 fully saturated rings. The first kappa shape index (κ1) is 14.3. The van der Waals surface area contributed by atoms with E-state index in [0.29, 0.717) is 6.54 Å². The van der Waals surface area contributed by atoms with Crippen molar-refractivity contribution in [3.63, 3.8) is 0 Å². The van der Waals surface area contributed by atoms with Gasteiger partial charge in [-0.1, -0.05) is 11.6 Å². The molecule has 0 atom stereocenters. The predicted molar refractivity (Wildman–Crippen MR) is 67.1 cm³/mol. The molecule has 0 spiro atoms. The Kier molecular flexibility index (Phi) is 4.41. The SMILES string of the molecule is CCN(C)C(=O)c1cc(S(=O)(=O)Cl)ccc1Cl. The summed E-state index contributed by atoms with van der Waals surface area (Å²) in [5.41, 5.74) is 0.123. The first-order valence-corrected chi connectivity index (χ1v) is 7.45. The van der Waals surface area contributed by atoms with Crippen molar-refractivity contribution in [2.45, 2.75) is 11.8 Å². The van der Waals surface area contributed by atoms with Crippen LogP contribution in [0.3, 0.4) is 0 Å². The highest BCUT2D eigenvalue weighted by atomic mass is 35.7. The Hall–Kier alpha value is -0.780. The molecule has 0 aliphatic carbocycles. The number of benzene rings is 1. The quantitative estimate of drug-likeness (QED) is 0.805. The Balaban J connectivity index is 3.30. The molecule has 0 heterocycles. The van der Waals surface area contributed by atoms with E-state index in [1.165, 1.54) is 23.1 Å². The van der Waals surface area contributed by atoms with Gasteiger partial charge in [0.25, 0.3) is 15.0 Å². The molecule has 4 nitrogen and oxygen atoms in total. The van der Waals surface area contributed by atoms with E-state index in [4.69, 9.17) is 22.3 Å². The lowest BCUT2D eigenvalue weighted by Gasteiger charge is -2.15. The molecule has 0 saturated heterocycles. The van der Waals surface area contributed by atoms with Crippen LogP contribution in [0.2, 0.25) is 5.02 Å². The molecule has 1 amide bonds. The van der Waals surface area contributed by atoms with Gasteiger partial charge in [-0.05, 0) is 25.1 Å². The molecular formula is C10H11Cl2NO3S. The first-order chi connectivity index (χ1) is 7.77. The number of hydrogen-bond acceptors (Lipinski definition) is 3. The van der Waals surface area contributed by atoms with E-state index in [2.05, 4.69) is 0 Å². The molecule has 94 valence electrons. The molecule has 0 radical (unpaired) electrons. The zero-order chi connectivity index (χ0) is 13.2. The summed E-state index contributed by atoms with van der Waals surface area (Å²) >= 11 is 5.86. The maximum atomic E-state index is 11.9. The van der Waals surface area contributed by atoms with E-state index in [-0.39, 0.29) is 21.4 Å². The van der Waals surface area contributed by atoms with Crippen LogP contribution in [-0.4, -0.2) is 32.8 Å². The second-order valence-electron chi connectivity index (χ2n) is 3.40. The summed E-state index contributed by atoms with van der Waals surface area (Å²) in [6.45, 7) is 2.29. The van der Waals surface area contributed by atoms with E-state index in [0.717, 1.165) is 0 Å². The monoisotopic (exact) mass is 295 g/mol. The van der Waals surface area contributed by atoms with Gasteiger partial charge in [0.1, 0.15) is 0 Å². The Labute approximate surface area is 110 Å². The van der Waals surface area contributed by atoms with Crippen molar-refractivity contribution in [1.82, 2.24) is 4.90 Å². The molecule has 0 saturated carbocycles. The van der Waals surface area contributed by atoms with Gasteiger partial charge in [-0.3, -0.25) is 4.79 Å². The Morgan fingerprint density at radius 3 is 2.47 bits per heavy atom. The van der Waals surface area contributed by atoms with E-state index in [1.54, 1.807) is 14.0 Å². The third kappa shape index (κ3) is 3.34. The van der Waals surface area contributed by atoms with Crippen molar-refractivity contribution < 1.29 is 13.2 Å². The summed E-state index contributed by atoms with van der Waals surface area (Å²) in [4.78, 5) is 13.2. The summed E-state index contributed by atoms with van der Waals surface area (Å²) in [5, 5.41) is 0.194. The molecule has 0 aromatic heterocycles. The van der Waals surface area contributed by atoms with Gasteiger partial charge in [0.2, 0.25) is 0 Å². The van der Waals surface area contributed by atoms with Crippen molar-refractivity contribution in [2.24, 2.45) is 0 Å². The Morgan fingerprint density at radius 1 is 1.41 bits per heavy atom. The van der Waals surface area contributed by atoms with Gasteiger partial charge in [0.05, 0.1) is 15.5 Å². The van der Waals surface area contributed by atoms with E-state index >= 15 is 0 Å². The smallest absolute Gasteiger partial charge is 0.261 e. The van der Waals surface area contributed by atoms with Gasteiger partial charge < -0.3 is 4.90 Å². The highest BCUT2D eigenvalue weighted by Crippen LogP contribution is 2.23. The Bertz CT molecular complexity index is 542. The van der Waals surface area contributed by atoms with Crippen LogP contribution in [0.1, 0.15) is 17.3 Å². The molecule has 17 heavy (non-hydrogen) atoms. The summed E-state index contributed by atoms with van der Waals surface area (Å²) in [7, 11) is 2.94. The van der Waals surface area contributed by atoms with Crippen molar-refractivity contribution >= 4 is 37.2 Å². The number of amides is 1. The minimum absolute atomic E-state index is 0.123. The van der Waals surface area contributed by atoms with Gasteiger partial charge in [-0.25, -0.2) is 8.42 Å². The summed E-state index contributed by atoms with van der Waals surface area (Å²) < 4.78 is 22.3. The van der Waals surface area contributed by atoms with Crippen molar-refractivity contribution in [1.29, 1.82) is 0 Å². The van der Waals surface area contributed by atoms with Crippen molar-refractivity contribution in [2.75, 3.05) is 13.6 Å². The van der Waals surface area contributed by atoms with Crippen LogP contribution in [0.4, 0.5) is 0 Å². The van der Waals surface area contributed by atoms with Gasteiger partial charge >= 0.3 is 0 Å². The second kappa shape index (κ2) is 5.25. The van der Waals surface area contributed by atoms with Crippen LogP contribution >= 0.6 is 22.3 Å². The third-order valence-electron chi connectivity index (χ3n) is 2.27. The minimum atomic E-state index is -3.87. The van der Waals surface area contributed by atoms with Crippen LogP contribution in [0.5, 0.6) is 0 Å². The zero-order valence-electron chi connectivity index (χ0n) is 9.28. The molecule has 0 aliphatic rings. The van der Waals surface area contributed by atoms with E-state index < -0.39 is 9.05 Å². The average molecular weight is 296 g/mol. The lowest BCUT2D eigenvalue weighted by atomic mass is 10.2. The fraction of sp³-hybridized carbons (Fsp3) is 0.300. The normalized spacial score (nSPS) is 11.3. The van der Waals surface area contributed by atoms with Gasteiger partial charge in [0.15, 0.2) is 0 Å². The first-order valence-electron chi connectivity index (χ1n) is 4.77. The van der Waals surface area contributed by atoms with Crippen LogP contribution < -0.4 is 0 Å². The highest BCUT2D eigenvalue weighted by Gasteiger charge is 2.18. The standard InChI is InChI=1S/C10H11Cl2NO3S/c1-3-13(2)10(14)8-6-7(17(12,15)16)4-5-9(8)11/h4-6H,3H2,1-2H3. The molecule has 7 heteroatoms. The molecular weight excluding hydrogens is 285 g/mol. The number of nitrogens with zero attached hydrogens (tertiary/aromatic N) is 1. The molecule has 1 aromatic carbocycles. The fourth-order valence-corrected chi connectivity index (χ4v) is 2.14. The maximum absolute atomic E-state index is 11.9. The fourth-order valence-electron chi connectivity index (χ4n) is 1.17. The molecule has 1 aromatic rings. The number of carbonyl (C=O) groups excluding carboxylic acids is 1.